The van der Waals surface area contributed by atoms with E-state index in [-0.39, 0.29) is 23.3 Å². The lowest BCUT2D eigenvalue weighted by molar-refractivity contribution is -0.192. The van der Waals surface area contributed by atoms with Crippen LogP contribution in [-0.4, -0.2) is 39.0 Å². The molecule has 2 aliphatic rings. The van der Waals surface area contributed by atoms with Crippen LogP contribution in [0, 0.1) is 23.1 Å². The number of anilines is 1. The Morgan fingerprint density at radius 3 is 2.29 bits per heavy atom. The van der Waals surface area contributed by atoms with Crippen molar-refractivity contribution in [1.82, 2.24) is 4.98 Å². The number of nitrogens with zero attached hydrogens (tertiary/aromatic N) is 4. The number of rotatable bonds is 3. The molecule has 0 bridgehead atoms. The van der Waals surface area contributed by atoms with Crippen LogP contribution >= 0.6 is 0 Å². The highest BCUT2D eigenvalue weighted by Crippen LogP contribution is 2.45. The number of fused-ring (bicyclic) bond motifs is 3. The first-order chi connectivity index (χ1) is 18.0. The van der Waals surface area contributed by atoms with Gasteiger partial charge in [0.2, 0.25) is 0 Å². The standard InChI is InChI=1S/C24H17FN4O2.C2HF3O2/c25-17-5-1-14(2-6-17)23-21-10-3-15-11-16(24(30)31)4-9-20(15)22(21)28-29(23)19-8-7-18(12-26)27-13-19;3-2(4,5)1(6)7/h1-2,4-9,11,13,21,23H,3,10H2,(H,30,31);(H,6,7). The van der Waals surface area contributed by atoms with Crippen molar-refractivity contribution in [3.8, 4) is 6.07 Å². The Kier molecular flexibility index (Phi) is 7.12. The maximum atomic E-state index is 13.6. The van der Waals surface area contributed by atoms with Crippen LogP contribution in [0.15, 0.2) is 65.9 Å². The molecule has 2 atom stereocenters. The Bertz CT molecular complexity index is 1450. The monoisotopic (exact) mass is 526 g/mol. The first-order valence-corrected chi connectivity index (χ1v) is 11.2. The molecule has 2 heterocycles. The number of hydrogen-bond acceptors (Lipinski definition) is 6. The molecule has 1 aliphatic carbocycles. The minimum atomic E-state index is -5.08. The van der Waals surface area contributed by atoms with Crippen molar-refractivity contribution in [2.75, 3.05) is 5.01 Å². The van der Waals surface area contributed by atoms with Crippen molar-refractivity contribution < 1.29 is 37.4 Å². The third kappa shape index (κ3) is 5.31. The number of alkyl halides is 3. The molecule has 12 heteroatoms. The van der Waals surface area contributed by atoms with Crippen molar-refractivity contribution in [2.45, 2.75) is 25.1 Å². The summed E-state index contributed by atoms with van der Waals surface area (Å²) in [5.74, 6) is -3.95. The van der Waals surface area contributed by atoms with E-state index in [9.17, 15) is 27.5 Å². The van der Waals surface area contributed by atoms with Crippen LogP contribution < -0.4 is 5.01 Å². The molecule has 38 heavy (non-hydrogen) atoms. The van der Waals surface area contributed by atoms with Crippen LogP contribution in [0.4, 0.5) is 23.2 Å². The van der Waals surface area contributed by atoms with Gasteiger partial charge in [0.15, 0.2) is 0 Å². The number of hydrazone groups is 1. The van der Waals surface area contributed by atoms with Crippen LogP contribution in [-0.2, 0) is 11.2 Å². The van der Waals surface area contributed by atoms with Gasteiger partial charge in [-0.3, -0.25) is 5.01 Å². The molecule has 2 N–H and O–H groups in total. The van der Waals surface area contributed by atoms with Gasteiger partial charge in [-0.2, -0.15) is 23.5 Å². The minimum absolute atomic E-state index is 0.0595. The van der Waals surface area contributed by atoms with Gasteiger partial charge in [0.1, 0.15) is 17.6 Å². The highest BCUT2D eigenvalue weighted by atomic mass is 19.4. The molecule has 8 nitrogen and oxygen atoms in total. The smallest absolute Gasteiger partial charge is 0.478 e. The Hall–Kier alpha value is -4.79. The number of aryl methyl sites for hydroxylation is 1. The van der Waals surface area contributed by atoms with Gasteiger partial charge >= 0.3 is 18.1 Å². The van der Waals surface area contributed by atoms with E-state index in [1.807, 2.05) is 17.1 Å². The lowest BCUT2D eigenvalue weighted by atomic mass is 9.77. The zero-order chi connectivity index (χ0) is 27.6. The summed E-state index contributed by atoms with van der Waals surface area (Å²) in [5, 5.41) is 32.3. The van der Waals surface area contributed by atoms with E-state index in [4.69, 9.17) is 20.3 Å². The van der Waals surface area contributed by atoms with Gasteiger partial charge in [-0.05, 0) is 60.4 Å². The van der Waals surface area contributed by atoms with Gasteiger partial charge in [0, 0.05) is 11.5 Å². The largest absolute Gasteiger partial charge is 0.490 e. The number of benzene rings is 2. The normalized spacial score (nSPS) is 17.8. The van der Waals surface area contributed by atoms with Crippen LogP contribution in [0.25, 0.3) is 0 Å². The van der Waals surface area contributed by atoms with Gasteiger partial charge in [0.05, 0.1) is 29.2 Å². The maximum Gasteiger partial charge on any atom is 0.490 e. The topological polar surface area (TPSA) is 127 Å². The predicted octanol–water partition coefficient (Wildman–Crippen LogP) is 4.95. The maximum absolute atomic E-state index is 13.6. The number of carbonyl (C=O) groups is 2. The predicted molar refractivity (Wildman–Crippen MR) is 126 cm³/mol. The molecule has 0 spiro atoms. The molecule has 2 unspecified atom stereocenters. The van der Waals surface area contributed by atoms with E-state index >= 15 is 0 Å². The number of pyridine rings is 1. The molecule has 0 amide bonds. The number of halogens is 4. The van der Waals surface area contributed by atoms with Crippen LogP contribution in [0.2, 0.25) is 0 Å². The number of aliphatic carboxylic acids is 1. The summed E-state index contributed by atoms with van der Waals surface area (Å²) in [5.41, 5.74) is 5.04. The Morgan fingerprint density at radius 2 is 1.74 bits per heavy atom. The van der Waals surface area contributed by atoms with Gasteiger partial charge in [-0.15, -0.1) is 0 Å². The van der Waals surface area contributed by atoms with Crippen molar-refractivity contribution in [3.63, 3.8) is 0 Å². The van der Waals surface area contributed by atoms with Crippen LogP contribution in [0.3, 0.4) is 0 Å². The molecule has 0 saturated carbocycles. The van der Waals surface area contributed by atoms with E-state index in [1.165, 1.54) is 12.1 Å². The summed E-state index contributed by atoms with van der Waals surface area (Å²) in [7, 11) is 0. The second kappa shape index (κ2) is 10.3. The SMILES string of the molecule is N#Cc1ccc(N2N=C3c4ccc(C(=O)O)cc4CCC3C2c2ccc(F)cc2)cn1.O=C(O)C(F)(F)F. The van der Waals surface area contributed by atoms with E-state index in [0.717, 1.165) is 40.9 Å². The summed E-state index contributed by atoms with van der Waals surface area (Å²) < 4.78 is 45.3. The molecule has 0 radical (unpaired) electrons. The third-order valence-electron chi connectivity index (χ3n) is 6.15. The molecule has 3 aromatic rings. The third-order valence-corrected chi connectivity index (χ3v) is 6.15. The quantitative estimate of drug-likeness (QED) is 0.462. The molecular formula is C26H18F4N4O4. The average Bonchev–Trinajstić information content (AvgIpc) is 3.28. The van der Waals surface area contributed by atoms with Gasteiger partial charge < -0.3 is 10.2 Å². The fourth-order valence-electron chi connectivity index (χ4n) is 4.45. The Balaban J connectivity index is 0.000000426. The van der Waals surface area contributed by atoms with Gasteiger partial charge in [-0.25, -0.2) is 19.0 Å². The number of hydrogen-bond donors (Lipinski definition) is 2. The first-order valence-electron chi connectivity index (χ1n) is 11.2. The summed E-state index contributed by atoms with van der Waals surface area (Å²) in [4.78, 5) is 24.4. The molecule has 1 aliphatic heterocycles. The average molecular weight is 526 g/mol. The molecule has 0 saturated heterocycles. The first kappa shape index (κ1) is 26.3. The Labute approximate surface area is 213 Å². The lowest BCUT2D eigenvalue weighted by Gasteiger charge is -2.30. The van der Waals surface area contributed by atoms with Crippen molar-refractivity contribution in [2.24, 2.45) is 11.0 Å². The lowest BCUT2D eigenvalue weighted by Crippen LogP contribution is -2.29. The van der Waals surface area contributed by atoms with Crippen molar-refractivity contribution >= 4 is 23.3 Å². The van der Waals surface area contributed by atoms with Crippen molar-refractivity contribution in [3.05, 3.63) is 94.6 Å². The van der Waals surface area contributed by atoms with E-state index < -0.39 is 18.1 Å². The zero-order valence-corrected chi connectivity index (χ0v) is 19.4. The molecule has 194 valence electrons. The number of carboxylic acids is 2. The second-order valence-corrected chi connectivity index (χ2v) is 8.46. The highest BCUT2D eigenvalue weighted by molar-refractivity contribution is 6.07. The summed E-state index contributed by atoms with van der Waals surface area (Å²) in [6.07, 6.45) is -1.95. The van der Waals surface area contributed by atoms with Gasteiger partial charge in [-0.1, -0.05) is 18.2 Å². The van der Waals surface area contributed by atoms with E-state index in [1.54, 1.807) is 42.6 Å². The fraction of sp³-hybridized carbons (Fsp3) is 0.192. The number of carboxylic acid groups (broad SMARTS) is 2. The number of nitriles is 1. The van der Waals surface area contributed by atoms with Gasteiger partial charge in [0.25, 0.3) is 0 Å². The summed E-state index contributed by atoms with van der Waals surface area (Å²) in [6.45, 7) is 0. The second-order valence-electron chi connectivity index (χ2n) is 8.46. The number of aromatic nitrogens is 1. The Morgan fingerprint density at radius 1 is 1.05 bits per heavy atom. The molecular weight excluding hydrogens is 508 g/mol. The number of aromatic carboxylic acids is 1. The van der Waals surface area contributed by atoms with Crippen molar-refractivity contribution in [1.29, 1.82) is 5.26 Å². The minimum Gasteiger partial charge on any atom is -0.478 e. The zero-order valence-electron chi connectivity index (χ0n) is 19.4. The van der Waals surface area contributed by atoms with E-state index in [0.29, 0.717) is 5.69 Å². The molecule has 1 aromatic heterocycles. The molecule has 2 aromatic carbocycles. The molecule has 0 fully saturated rings. The highest BCUT2D eigenvalue weighted by Gasteiger charge is 2.42. The fourth-order valence-corrected chi connectivity index (χ4v) is 4.45. The van der Waals surface area contributed by atoms with E-state index in [2.05, 4.69) is 4.98 Å². The van der Waals surface area contributed by atoms with Crippen LogP contribution in [0.1, 0.15) is 45.2 Å². The summed E-state index contributed by atoms with van der Waals surface area (Å²) in [6, 6.07) is 16.9. The summed E-state index contributed by atoms with van der Waals surface area (Å²) >= 11 is 0. The molecule has 5 rings (SSSR count). The van der Waals surface area contributed by atoms with Crippen LogP contribution in [0.5, 0.6) is 0 Å².